The van der Waals surface area contributed by atoms with Gasteiger partial charge in [0, 0.05) is 10.9 Å². The third kappa shape index (κ3) is 2.24. The molecule has 0 spiro atoms. The van der Waals surface area contributed by atoms with Gasteiger partial charge in [-0.15, -0.1) is 11.3 Å². The van der Waals surface area contributed by atoms with Crippen LogP contribution in [-0.2, 0) is 6.42 Å². The zero-order chi connectivity index (χ0) is 13.7. The molecule has 0 amide bonds. The van der Waals surface area contributed by atoms with Crippen LogP contribution in [0.25, 0.3) is 10.2 Å². The van der Waals surface area contributed by atoms with Crippen molar-refractivity contribution >= 4 is 33.3 Å². The summed E-state index contributed by atoms with van der Waals surface area (Å²) in [5.74, 6) is 3.03. The van der Waals surface area contributed by atoms with Crippen molar-refractivity contribution in [2.45, 2.75) is 45.1 Å². The number of hydrogen-bond acceptors (Lipinski definition) is 5. The number of rotatable bonds is 5. The summed E-state index contributed by atoms with van der Waals surface area (Å²) in [5.41, 5.74) is 5.88. The van der Waals surface area contributed by atoms with Crippen LogP contribution in [0.3, 0.4) is 0 Å². The maximum absolute atomic E-state index is 5.88. The van der Waals surface area contributed by atoms with Gasteiger partial charge in [0.05, 0.1) is 5.39 Å². The normalized spacial score (nSPS) is 18.9. The van der Waals surface area contributed by atoms with Crippen LogP contribution in [-0.4, -0.2) is 16.0 Å². The van der Waals surface area contributed by atoms with Gasteiger partial charge in [0.2, 0.25) is 5.95 Å². The summed E-state index contributed by atoms with van der Waals surface area (Å²) in [5, 5.41) is 4.85. The molecule has 2 saturated carbocycles. The molecule has 2 aromatic rings. The van der Waals surface area contributed by atoms with Gasteiger partial charge >= 0.3 is 0 Å². The highest BCUT2D eigenvalue weighted by molar-refractivity contribution is 7.18. The first-order valence-electron chi connectivity index (χ1n) is 7.57. The third-order valence-corrected chi connectivity index (χ3v) is 5.55. The Hall–Kier alpha value is -1.36. The molecule has 0 saturated heterocycles. The lowest BCUT2D eigenvalue weighted by molar-refractivity contribution is 0.566. The van der Waals surface area contributed by atoms with E-state index in [0.29, 0.717) is 12.0 Å². The van der Waals surface area contributed by atoms with Crippen molar-refractivity contribution < 1.29 is 0 Å². The van der Waals surface area contributed by atoms with Crippen molar-refractivity contribution in [3.05, 3.63) is 10.9 Å². The molecule has 2 aromatic heterocycles. The van der Waals surface area contributed by atoms with E-state index in [0.717, 1.165) is 34.3 Å². The number of nitrogen functional groups attached to an aromatic ring is 1. The Labute approximate surface area is 122 Å². The molecule has 0 radical (unpaired) electrons. The highest BCUT2D eigenvalue weighted by Crippen LogP contribution is 2.46. The minimum absolute atomic E-state index is 0.384. The number of hydrogen-bond donors (Lipinski definition) is 2. The fourth-order valence-corrected chi connectivity index (χ4v) is 3.94. The van der Waals surface area contributed by atoms with Gasteiger partial charge in [0.15, 0.2) is 0 Å². The lowest BCUT2D eigenvalue weighted by Crippen LogP contribution is -2.25. The monoisotopic (exact) mass is 288 g/mol. The summed E-state index contributed by atoms with van der Waals surface area (Å²) in [6.07, 6.45) is 6.49. The van der Waals surface area contributed by atoms with Gasteiger partial charge in [0.25, 0.3) is 0 Å². The van der Waals surface area contributed by atoms with Crippen LogP contribution in [0.2, 0.25) is 0 Å². The number of fused-ring (bicyclic) bond motifs is 1. The van der Waals surface area contributed by atoms with Crippen molar-refractivity contribution in [2.75, 3.05) is 11.1 Å². The van der Waals surface area contributed by atoms with E-state index < -0.39 is 0 Å². The van der Waals surface area contributed by atoms with E-state index in [1.165, 1.54) is 30.6 Å². The Kier molecular flexibility index (Phi) is 2.84. The molecule has 0 aliphatic heterocycles. The lowest BCUT2D eigenvalue weighted by Gasteiger charge is -2.18. The molecule has 4 nitrogen and oxygen atoms in total. The molecule has 4 rings (SSSR count). The Balaban J connectivity index is 1.71. The van der Waals surface area contributed by atoms with Crippen LogP contribution >= 0.6 is 11.3 Å². The zero-order valence-corrected chi connectivity index (χ0v) is 12.5. The minimum atomic E-state index is 0.384. The van der Waals surface area contributed by atoms with E-state index in [1.54, 1.807) is 11.3 Å². The van der Waals surface area contributed by atoms with E-state index in [2.05, 4.69) is 28.3 Å². The summed E-state index contributed by atoms with van der Waals surface area (Å²) >= 11 is 1.73. The second-order valence-electron chi connectivity index (χ2n) is 6.06. The van der Waals surface area contributed by atoms with Gasteiger partial charge < -0.3 is 11.1 Å². The number of nitrogens with two attached hydrogens (primary N) is 1. The molecule has 0 unspecified atom stereocenters. The molecule has 2 aliphatic rings. The van der Waals surface area contributed by atoms with Gasteiger partial charge in [-0.25, -0.2) is 4.98 Å². The molecule has 3 N–H and O–H groups in total. The summed E-state index contributed by atoms with van der Waals surface area (Å²) in [6.45, 7) is 2.17. The maximum atomic E-state index is 5.88. The van der Waals surface area contributed by atoms with Gasteiger partial charge in [0.1, 0.15) is 10.6 Å². The predicted molar refractivity (Wildman–Crippen MR) is 84.1 cm³/mol. The second kappa shape index (κ2) is 4.58. The maximum Gasteiger partial charge on any atom is 0.223 e. The Morgan fingerprint density at radius 1 is 1.30 bits per heavy atom. The first-order chi connectivity index (χ1) is 9.74. The highest BCUT2D eigenvalue weighted by atomic mass is 32.1. The SMILES string of the molecule is CCc1cc2c(NC(C3CC3)C3CC3)nc(N)nc2s1. The van der Waals surface area contributed by atoms with E-state index >= 15 is 0 Å². The number of anilines is 2. The number of nitrogens with zero attached hydrogens (tertiary/aromatic N) is 2. The van der Waals surface area contributed by atoms with Crippen molar-refractivity contribution in [1.29, 1.82) is 0 Å². The van der Waals surface area contributed by atoms with Crippen molar-refractivity contribution in [1.82, 2.24) is 9.97 Å². The summed E-state index contributed by atoms with van der Waals surface area (Å²) in [4.78, 5) is 11.2. The molecule has 5 heteroatoms. The van der Waals surface area contributed by atoms with E-state index in [-0.39, 0.29) is 0 Å². The predicted octanol–water partition coefficient (Wildman–Crippen LogP) is 3.44. The first-order valence-corrected chi connectivity index (χ1v) is 8.38. The molecule has 0 atom stereocenters. The Morgan fingerprint density at radius 2 is 2.00 bits per heavy atom. The van der Waals surface area contributed by atoms with Crippen molar-refractivity contribution in [3.8, 4) is 0 Å². The highest BCUT2D eigenvalue weighted by Gasteiger charge is 2.41. The molecule has 2 fully saturated rings. The second-order valence-corrected chi connectivity index (χ2v) is 7.18. The van der Waals surface area contributed by atoms with Crippen LogP contribution in [0.1, 0.15) is 37.5 Å². The van der Waals surface area contributed by atoms with Gasteiger partial charge in [-0.3, -0.25) is 0 Å². The number of aryl methyl sites for hydroxylation is 1. The van der Waals surface area contributed by atoms with E-state index in [9.17, 15) is 0 Å². The minimum Gasteiger partial charge on any atom is -0.368 e. The average Bonchev–Trinajstić information content (AvgIpc) is 3.32. The van der Waals surface area contributed by atoms with Crippen LogP contribution in [0.5, 0.6) is 0 Å². The standard InChI is InChI=1S/C15H20N4S/c1-2-10-7-11-13(18-15(16)19-14(11)20-10)17-12(8-3-4-8)9-5-6-9/h7-9,12H,2-6H2,1H3,(H3,16,17,18,19). The molecule has 2 aliphatic carbocycles. The molecular formula is C15H20N4S. The van der Waals surface area contributed by atoms with Crippen LogP contribution in [0, 0.1) is 11.8 Å². The molecule has 2 heterocycles. The third-order valence-electron chi connectivity index (χ3n) is 4.37. The largest absolute Gasteiger partial charge is 0.368 e. The van der Waals surface area contributed by atoms with Gasteiger partial charge in [-0.1, -0.05) is 6.92 Å². The Morgan fingerprint density at radius 3 is 2.60 bits per heavy atom. The zero-order valence-electron chi connectivity index (χ0n) is 11.7. The summed E-state index contributed by atoms with van der Waals surface area (Å²) < 4.78 is 0. The fraction of sp³-hybridized carbons (Fsp3) is 0.600. The number of thiophene rings is 1. The molecule has 106 valence electrons. The number of aromatic nitrogens is 2. The Bertz CT molecular complexity index is 631. The van der Waals surface area contributed by atoms with E-state index in [4.69, 9.17) is 5.73 Å². The first kappa shape index (κ1) is 12.4. The molecule has 0 aromatic carbocycles. The lowest BCUT2D eigenvalue weighted by atomic mass is 10.1. The van der Waals surface area contributed by atoms with Crippen LogP contribution in [0.4, 0.5) is 11.8 Å². The van der Waals surface area contributed by atoms with E-state index in [1.807, 2.05) is 0 Å². The number of nitrogens with one attached hydrogen (secondary N) is 1. The quantitative estimate of drug-likeness (QED) is 0.884. The average molecular weight is 288 g/mol. The van der Waals surface area contributed by atoms with Gasteiger partial charge in [-0.05, 0) is 50.0 Å². The van der Waals surface area contributed by atoms with Crippen LogP contribution < -0.4 is 11.1 Å². The summed E-state index contributed by atoms with van der Waals surface area (Å²) in [6, 6.07) is 2.82. The van der Waals surface area contributed by atoms with Crippen molar-refractivity contribution in [2.24, 2.45) is 11.8 Å². The fourth-order valence-electron chi connectivity index (χ4n) is 2.96. The molecular weight excluding hydrogens is 268 g/mol. The molecule has 0 bridgehead atoms. The molecule has 20 heavy (non-hydrogen) atoms. The van der Waals surface area contributed by atoms with Gasteiger partial charge in [-0.2, -0.15) is 4.98 Å². The smallest absolute Gasteiger partial charge is 0.223 e. The van der Waals surface area contributed by atoms with Crippen LogP contribution in [0.15, 0.2) is 6.07 Å². The topological polar surface area (TPSA) is 63.8 Å². The summed E-state index contributed by atoms with van der Waals surface area (Å²) in [7, 11) is 0. The van der Waals surface area contributed by atoms with Crippen molar-refractivity contribution in [3.63, 3.8) is 0 Å².